The first kappa shape index (κ1) is 20.4. The van der Waals surface area contributed by atoms with Gasteiger partial charge in [0.15, 0.2) is 0 Å². The Morgan fingerprint density at radius 2 is 1.80 bits per heavy atom. The highest BCUT2D eigenvalue weighted by atomic mass is 16.7. The van der Waals surface area contributed by atoms with Crippen LogP contribution in [0.4, 0.5) is 4.79 Å². The minimum absolute atomic E-state index is 0.0882. The highest BCUT2D eigenvalue weighted by molar-refractivity contribution is 5.85. The Bertz CT molecular complexity index is 583. The molecule has 8 heteroatoms. The molecule has 0 fully saturated rings. The van der Waals surface area contributed by atoms with Gasteiger partial charge in [-0.1, -0.05) is 30.3 Å². The fraction of sp³-hybridized carbons (Fsp3) is 0.471. The molecule has 0 aromatic heterocycles. The van der Waals surface area contributed by atoms with Gasteiger partial charge in [0.25, 0.3) is 5.91 Å². The van der Waals surface area contributed by atoms with Gasteiger partial charge >= 0.3 is 12.1 Å². The molecule has 1 aromatic rings. The standard InChI is InChI=1S/C17H24N2O6/c1-17(2,3)25-16(23)18-13(9-10-14(20)21)15(22)19-24-11-12-7-5-4-6-8-12/h4-8,13H,9-11H2,1-3H3,(H,18,23)(H,19,22)(H,20,21)/t13-/m0/s1. The molecule has 0 saturated heterocycles. The van der Waals surface area contributed by atoms with Crippen LogP contribution in [0.25, 0.3) is 0 Å². The number of benzene rings is 1. The summed E-state index contributed by atoms with van der Waals surface area (Å²) in [6, 6.07) is 8.09. The molecule has 138 valence electrons. The molecule has 0 unspecified atom stereocenters. The van der Waals surface area contributed by atoms with E-state index in [4.69, 9.17) is 14.7 Å². The zero-order valence-corrected chi connectivity index (χ0v) is 14.6. The maximum atomic E-state index is 12.1. The number of carbonyl (C=O) groups is 3. The summed E-state index contributed by atoms with van der Waals surface area (Å²) in [5.74, 6) is -1.72. The van der Waals surface area contributed by atoms with Crippen molar-refractivity contribution >= 4 is 18.0 Å². The summed E-state index contributed by atoms with van der Waals surface area (Å²) in [4.78, 5) is 39.8. The Morgan fingerprint density at radius 1 is 1.16 bits per heavy atom. The van der Waals surface area contributed by atoms with Crippen molar-refractivity contribution in [1.29, 1.82) is 0 Å². The highest BCUT2D eigenvalue weighted by Gasteiger charge is 2.25. The number of alkyl carbamates (subject to hydrolysis) is 1. The molecule has 0 heterocycles. The van der Waals surface area contributed by atoms with E-state index in [9.17, 15) is 14.4 Å². The number of carbonyl (C=O) groups excluding carboxylic acids is 2. The van der Waals surface area contributed by atoms with Crippen molar-refractivity contribution in [3.8, 4) is 0 Å². The fourth-order valence-electron chi connectivity index (χ4n) is 1.82. The first-order valence-corrected chi connectivity index (χ1v) is 7.84. The second-order valence-electron chi connectivity index (χ2n) is 6.37. The van der Waals surface area contributed by atoms with Crippen molar-refractivity contribution in [2.24, 2.45) is 0 Å². The Hall–Kier alpha value is -2.61. The number of ether oxygens (including phenoxy) is 1. The van der Waals surface area contributed by atoms with Crippen LogP contribution in [-0.4, -0.2) is 34.7 Å². The molecule has 8 nitrogen and oxygen atoms in total. The highest BCUT2D eigenvalue weighted by Crippen LogP contribution is 2.08. The number of nitrogens with one attached hydrogen (secondary N) is 2. The molecule has 0 aliphatic heterocycles. The van der Waals surface area contributed by atoms with E-state index in [1.807, 2.05) is 30.3 Å². The zero-order valence-electron chi connectivity index (χ0n) is 14.6. The van der Waals surface area contributed by atoms with Crippen molar-refractivity contribution in [3.63, 3.8) is 0 Å². The molecule has 1 aromatic carbocycles. The summed E-state index contributed by atoms with van der Waals surface area (Å²) in [7, 11) is 0. The third kappa shape index (κ3) is 9.31. The fourth-order valence-corrected chi connectivity index (χ4v) is 1.82. The van der Waals surface area contributed by atoms with Gasteiger partial charge in [0.1, 0.15) is 11.6 Å². The van der Waals surface area contributed by atoms with Gasteiger partial charge in [0.05, 0.1) is 6.61 Å². The van der Waals surface area contributed by atoms with Crippen LogP contribution in [0, 0.1) is 0 Å². The summed E-state index contributed by atoms with van der Waals surface area (Å²) in [6.07, 6.45) is -1.18. The number of aliphatic carboxylic acids is 1. The Kier molecular flexibility index (Phi) is 7.87. The number of hydroxylamine groups is 1. The van der Waals surface area contributed by atoms with Crippen molar-refractivity contribution in [2.75, 3.05) is 0 Å². The maximum absolute atomic E-state index is 12.1. The molecule has 0 bridgehead atoms. The topological polar surface area (TPSA) is 114 Å². The molecule has 0 saturated carbocycles. The summed E-state index contributed by atoms with van der Waals surface area (Å²) in [5, 5.41) is 11.1. The zero-order chi connectivity index (χ0) is 18.9. The van der Waals surface area contributed by atoms with E-state index in [1.165, 1.54) is 0 Å². The van der Waals surface area contributed by atoms with Crippen LogP contribution < -0.4 is 10.8 Å². The van der Waals surface area contributed by atoms with Crippen LogP contribution in [0.15, 0.2) is 30.3 Å². The number of hydrogen-bond acceptors (Lipinski definition) is 5. The summed E-state index contributed by atoms with van der Waals surface area (Å²) in [6.45, 7) is 5.19. The second-order valence-corrected chi connectivity index (χ2v) is 6.37. The van der Waals surface area contributed by atoms with E-state index < -0.39 is 29.6 Å². The maximum Gasteiger partial charge on any atom is 0.408 e. The van der Waals surface area contributed by atoms with E-state index in [0.717, 1.165) is 5.56 Å². The molecular formula is C17H24N2O6. The van der Waals surface area contributed by atoms with Crippen LogP contribution in [0.2, 0.25) is 0 Å². The number of amides is 2. The van der Waals surface area contributed by atoms with Crippen molar-refractivity contribution in [1.82, 2.24) is 10.8 Å². The summed E-state index contributed by atoms with van der Waals surface area (Å²) < 4.78 is 5.08. The van der Waals surface area contributed by atoms with Gasteiger partial charge in [-0.25, -0.2) is 10.3 Å². The lowest BCUT2D eigenvalue weighted by molar-refractivity contribution is -0.139. The third-order valence-corrected chi connectivity index (χ3v) is 2.91. The van der Waals surface area contributed by atoms with Crippen LogP contribution >= 0.6 is 0 Å². The predicted molar refractivity (Wildman–Crippen MR) is 89.4 cm³/mol. The molecule has 2 amide bonds. The molecule has 0 aliphatic rings. The average molecular weight is 352 g/mol. The van der Waals surface area contributed by atoms with Crippen LogP contribution in [-0.2, 0) is 25.8 Å². The second kappa shape index (κ2) is 9.63. The molecular weight excluding hydrogens is 328 g/mol. The molecule has 0 aliphatic carbocycles. The number of rotatable bonds is 8. The van der Waals surface area contributed by atoms with Gasteiger partial charge in [-0.05, 0) is 32.8 Å². The largest absolute Gasteiger partial charge is 0.481 e. The smallest absolute Gasteiger partial charge is 0.408 e. The molecule has 1 rings (SSSR count). The lowest BCUT2D eigenvalue weighted by Gasteiger charge is -2.23. The van der Waals surface area contributed by atoms with Crippen LogP contribution in [0.5, 0.6) is 0 Å². The summed E-state index contributed by atoms with van der Waals surface area (Å²) >= 11 is 0. The number of carboxylic acid groups (broad SMARTS) is 1. The quantitative estimate of drug-likeness (QED) is 0.617. The Balaban J connectivity index is 2.56. The SMILES string of the molecule is CC(C)(C)OC(=O)N[C@@H](CCC(=O)O)C(=O)NOCc1ccccc1. The summed E-state index contributed by atoms with van der Waals surface area (Å²) in [5.41, 5.74) is 2.34. The first-order chi connectivity index (χ1) is 11.7. The van der Waals surface area contributed by atoms with Crippen LogP contribution in [0.3, 0.4) is 0 Å². The predicted octanol–water partition coefficient (Wildman–Crippen LogP) is 1.99. The van der Waals surface area contributed by atoms with Crippen molar-refractivity contribution in [2.45, 2.75) is 51.9 Å². The van der Waals surface area contributed by atoms with E-state index >= 15 is 0 Å². The van der Waals surface area contributed by atoms with Gasteiger partial charge in [0, 0.05) is 6.42 Å². The van der Waals surface area contributed by atoms with Gasteiger partial charge in [0.2, 0.25) is 0 Å². The van der Waals surface area contributed by atoms with Gasteiger partial charge in [-0.2, -0.15) is 0 Å². The van der Waals surface area contributed by atoms with Crippen molar-refractivity contribution in [3.05, 3.63) is 35.9 Å². The Morgan fingerprint density at radius 3 is 2.36 bits per heavy atom. The molecule has 3 N–H and O–H groups in total. The van der Waals surface area contributed by atoms with Crippen molar-refractivity contribution < 1.29 is 29.1 Å². The first-order valence-electron chi connectivity index (χ1n) is 7.84. The molecule has 0 spiro atoms. The minimum atomic E-state index is -1.08. The minimum Gasteiger partial charge on any atom is -0.481 e. The van der Waals surface area contributed by atoms with E-state index in [-0.39, 0.29) is 19.4 Å². The molecule has 0 radical (unpaired) electrons. The normalized spacial score (nSPS) is 12.1. The van der Waals surface area contributed by atoms with Crippen LogP contribution in [0.1, 0.15) is 39.2 Å². The monoisotopic (exact) mass is 352 g/mol. The van der Waals surface area contributed by atoms with Gasteiger partial charge in [-0.15, -0.1) is 0 Å². The molecule has 25 heavy (non-hydrogen) atoms. The van der Waals surface area contributed by atoms with E-state index in [2.05, 4.69) is 10.8 Å². The number of hydrogen-bond donors (Lipinski definition) is 3. The average Bonchev–Trinajstić information content (AvgIpc) is 2.50. The lowest BCUT2D eigenvalue weighted by Crippen LogP contribution is -2.48. The molecule has 1 atom stereocenters. The third-order valence-electron chi connectivity index (χ3n) is 2.91. The van der Waals surface area contributed by atoms with E-state index in [1.54, 1.807) is 20.8 Å². The number of carboxylic acids is 1. The van der Waals surface area contributed by atoms with Gasteiger partial charge in [-0.3, -0.25) is 14.4 Å². The van der Waals surface area contributed by atoms with Gasteiger partial charge < -0.3 is 15.2 Å². The van der Waals surface area contributed by atoms with E-state index in [0.29, 0.717) is 0 Å². The lowest BCUT2D eigenvalue weighted by atomic mass is 10.1. The Labute approximate surface area is 146 Å².